The number of nitriles is 1. The Bertz CT molecular complexity index is 1220. The Morgan fingerprint density at radius 1 is 1.03 bits per heavy atom. The van der Waals surface area contributed by atoms with Gasteiger partial charge in [-0.1, -0.05) is 28.9 Å². The largest absolute Gasteiger partial charge is 0.490 e. The molecule has 1 N–H and O–H groups in total. The topological polar surface area (TPSA) is 107 Å². The fourth-order valence-corrected chi connectivity index (χ4v) is 3.19. The summed E-state index contributed by atoms with van der Waals surface area (Å²) in [4.78, 5) is 12.4. The van der Waals surface area contributed by atoms with Crippen LogP contribution in [-0.2, 0) is 4.79 Å². The smallest absolute Gasteiger partial charge is 0.267 e. The van der Waals surface area contributed by atoms with Crippen LogP contribution in [0.2, 0.25) is 0 Å². The molecule has 0 unspecified atom stereocenters. The second kappa shape index (κ2) is 11.6. The SMILES string of the molecule is CCOc1cc(C=C(C#N)C(=O)Nc2cc(C)on2)ccc1OCCOc1ccc(C)cc1C. The summed E-state index contributed by atoms with van der Waals surface area (Å²) in [6.07, 6.45) is 1.47. The van der Waals surface area contributed by atoms with Crippen LogP contribution < -0.4 is 19.5 Å². The number of anilines is 1. The molecular weight excluding hydrogens is 434 g/mol. The Kier molecular flexibility index (Phi) is 8.30. The number of hydrogen-bond acceptors (Lipinski definition) is 7. The summed E-state index contributed by atoms with van der Waals surface area (Å²) in [5.41, 5.74) is 2.79. The Morgan fingerprint density at radius 3 is 2.41 bits per heavy atom. The average Bonchev–Trinajstić information content (AvgIpc) is 3.21. The molecule has 34 heavy (non-hydrogen) atoms. The molecule has 1 heterocycles. The molecule has 0 aliphatic carbocycles. The van der Waals surface area contributed by atoms with E-state index in [4.69, 9.17) is 18.7 Å². The van der Waals surface area contributed by atoms with Crippen molar-refractivity contribution in [1.29, 1.82) is 5.26 Å². The Hall–Kier alpha value is -4.25. The summed E-state index contributed by atoms with van der Waals surface area (Å²) in [7, 11) is 0. The minimum atomic E-state index is -0.586. The van der Waals surface area contributed by atoms with Crippen molar-refractivity contribution >= 4 is 17.8 Å². The van der Waals surface area contributed by atoms with Crippen molar-refractivity contribution in [2.45, 2.75) is 27.7 Å². The molecule has 0 radical (unpaired) electrons. The van der Waals surface area contributed by atoms with Crippen molar-refractivity contribution in [1.82, 2.24) is 5.16 Å². The Labute approximate surface area is 198 Å². The minimum absolute atomic E-state index is 0.0846. The maximum absolute atomic E-state index is 12.4. The molecule has 0 spiro atoms. The standard InChI is InChI=1S/C26H27N3O5/c1-5-31-24-15-20(14-21(16-27)26(30)28-25-13-19(4)34-29-25)7-9-23(24)33-11-10-32-22-8-6-17(2)12-18(22)3/h6-9,12-15H,5,10-11H2,1-4H3,(H,28,29,30). The van der Waals surface area contributed by atoms with Crippen LogP contribution in [-0.4, -0.2) is 30.9 Å². The molecule has 3 rings (SSSR count). The zero-order chi connectivity index (χ0) is 24.5. The highest BCUT2D eigenvalue weighted by Crippen LogP contribution is 2.29. The van der Waals surface area contributed by atoms with E-state index >= 15 is 0 Å². The lowest BCUT2D eigenvalue weighted by Crippen LogP contribution is -2.13. The van der Waals surface area contributed by atoms with Gasteiger partial charge in [0.2, 0.25) is 0 Å². The van der Waals surface area contributed by atoms with E-state index in [1.807, 2.05) is 39.0 Å². The third-order valence-electron chi connectivity index (χ3n) is 4.74. The molecule has 2 aromatic carbocycles. The van der Waals surface area contributed by atoms with E-state index < -0.39 is 5.91 Å². The molecule has 0 atom stereocenters. The molecule has 8 heteroatoms. The summed E-state index contributed by atoms with van der Waals surface area (Å²) in [5, 5.41) is 15.7. The fourth-order valence-electron chi connectivity index (χ4n) is 3.19. The first kappa shape index (κ1) is 24.4. The van der Waals surface area contributed by atoms with E-state index in [1.54, 1.807) is 31.2 Å². The molecular formula is C26H27N3O5. The maximum Gasteiger partial charge on any atom is 0.267 e. The number of ether oxygens (including phenoxy) is 3. The van der Waals surface area contributed by atoms with Crippen LogP contribution in [0.15, 0.2) is 52.6 Å². The normalized spacial score (nSPS) is 11.0. The highest BCUT2D eigenvalue weighted by Gasteiger charge is 2.13. The third kappa shape index (κ3) is 6.62. The minimum Gasteiger partial charge on any atom is -0.490 e. The lowest BCUT2D eigenvalue weighted by molar-refractivity contribution is -0.112. The van der Waals surface area contributed by atoms with E-state index in [0.717, 1.165) is 11.3 Å². The molecule has 176 valence electrons. The predicted molar refractivity (Wildman–Crippen MR) is 128 cm³/mol. The lowest BCUT2D eigenvalue weighted by Gasteiger charge is -2.14. The highest BCUT2D eigenvalue weighted by molar-refractivity contribution is 6.09. The summed E-state index contributed by atoms with van der Waals surface area (Å²) >= 11 is 0. The van der Waals surface area contributed by atoms with Crippen LogP contribution in [0, 0.1) is 32.1 Å². The summed E-state index contributed by atoms with van der Waals surface area (Å²) < 4.78 is 22.3. The number of hydrogen-bond donors (Lipinski definition) is 1. The number of aromatic nitrogens is 1. The first-order chi connectivity index (χ1) is 16.4. The zero-order valence-corrected chi connectivity index (χ0v) is 19.7. The number of benzene rings is 2. The van der Waals surface area contributed by atoms with Crippen LogP contribution in [0.4, 0.5) is 5.82 Å². The summed E-state index contributed by atoms with van der Waals surface area (Å²) in [6, 6.07) is 14.7. The van der Waals surface area contributed by atoms with E-state index in [2.05, 4.69) is 16.5 Å². The van der Waals surface area contributed by atoms with Crippen molar-refractivity contribution in [2.75, 3.05) is 25.1 Å². The molecule has 0 fully saturated rings. The number of amides is 1. The van der Waals surface area contributed by atoms with Crippen molar-refractivity contribution in [2.24, 2.45) is 0 Å². The van der Waals surface area contributed by atoms with E-state index in [9.17, 15) is 10.1 Å². The Morgan fingerprint density at radius 2 is 1.76 bits per heavy atom. The van der Waals surface area contributed by atoms with E-state index in [1.165, 1.54) is 11.6 Å². The molecule has 0 bridgehead atoms. The van der Waals surface area contributed by atoms with Crippen molar-refractivity contribution in [3.8, 4) is 23.3 Å². The van der Waals surface area contributed by atoms with Crippen LogP contribution >= 0.6 is 0 Å². The molecule has 1 aromatic heterocycles. The number of nitrogens with zero attached hydrogens (tertiary/aromatic N) is 2. The number of carbonyl (C=O) groups is 1. The lowest BCUT2D eigenvalue weighted by atomic mass is 10.1. The van der Waals surface area contributed by atoms with Crippen LogP contribution in [0.3, 0.4) is 0 Å². The van der Waals surface area contributed by atoms with Crippen molar-refractivity contribution in [3.05, 3.63) is 70.5 Å². The number of rotatable bonds is 10. The van der Waals surface area contributed by atoms with Gasteiger partial charge in [-0.05, 0) is 63.1 Å². The van der Waals surface area contributed by atoms with Gasteiger partial charge in [0.05, 0.1) is 6.61 Å². The number of carbonyl (C=O) groups excluding carboxylic acids is 1. The second-order valence-electron chi connectivity index (χ2n) is 7.55. The van der Waals surface area contributed by atoms with Crippen LogP contribution in [0.25, 0.3) is 6.08 Å². The third-order valence-corrected chi connectivity index (χ3v) is 4.74. The molecule has 8 nitrogen and oxygen atoms in total. The predicted octanol–water partition coefficient (Wildman–Crippen LogP) is 5.00. The van der Waals surface area contributed by atoms with Gasteiger partial charge in [-0.2, -0.15) is 5.26 Å². The van der Waals surface area contributed by atoms with Gasteiger partial charge >= 0.3 is 0 Å². The van der Waals surface area contributed by atoms with Gasteiger partial charge in [0, 0.05) is 6.07 Å². The summed E-state index contributed by atoms with van der Waals surface area (Å²) in [6.45, 7) is 8.74. The van der Waals surface area contributed by atoms with Gasteiger partial charge in [0.1, 0.15) is 36.4 Å². The van der Waals surface area contributed by atoms with Crippen LogP contribution in [0.1, 0.15) is 29.4 Å². The molecule has 0 aliphatic heterocycles. The van der Waals surface area contributed by atoms with E-state index in [-0.39, 0.29) is 11.4 Å². The van der Waals surface area contributed by atoms with E-state index in [0.29, 0.717) is 42.6 Å². The van der Waals surface area contributed by atoms with Gasteiger partial charge in [0.15, 0.2) is 17.3 Å². The van der Waals surface area contributed by atoms with Gasteiger partial charge in [-0.15, -0.1) is 0 Å². The Balaban J connectivity index is 1.66. The average molecular weight is 462 g/mol. The number of nitrogens with one attached hydrogen (secondary N) is 1. The highest BCUT2D eigenvalue weighted by atomic mass is 16.5. The zero-order valence-electron chi connectivity index (χ0n) is 19.7. The fraction of sp³-hybridized carbons (Fsp3) is 0.269. The second-order valence-corrected chi connectivity index (χ2v) is 7.55. The maximum atomic E-state index is 12.4. The van der Waals surface area contributed by atoms with Crippen molar-refractivity contribution in [3.63, 3.8) is 0 Å². The number of aryl methyl sites for hydroxylation is 3. The summed E-state index contributed by atoms with van der Waals surface area (Å²) in [5.74, 6) is 2.08. The molecule has 1 amide bonds. The molecule has 0 saturated carbocycles. The molecule has 0 saturated heterocycles. The first-order valence-electron chi connectivity index (χ1n) is 10.9. The van der Waals surface area contributed by atoms with Gasteiger partial charge in [0.25, 0.3) is 5.91 Å². The monoisotopic (exact) mass is 461 g/mol. The first-order valence-corrected chi connectivity index (χ1v) is 10.9. The molecule has 3 aromatic rings. The van der Waals surface area contributed by atoms with Gasteiger partial charge < -0.3 is 24.1 Å². The van der Waals surface area contributed by atoms with Crippen LogP contribution in [0.5, 0.6) is 17.2 Å². The van der Waals surface area contributed by atoms with Gasteiger partial charge in [-0.3, -0.25) is 4.79 Å². The van der Waals surface area contributed by atoms with Gasteiger partial charge in [-0.25, -0.2) is 0 Å². The van der Waals surface area contributed by atoms with Crippen molar-refractivity contribution < 1.29 is 23.5 Å². The quantitative estimate of drug-likeness (QED) is 0.257. The molecule has 0 aliphatic rings.